The fraction of sp³-hybridized carbons (Fsp3) is 0.133. The van der Waals surface area contributed by atoms with Crippen LogP contribution in [0.4, 0.5) is 5.69 Å². The van der Waals surface area contributed by atoms with Crippen LogP contribution in [0, 0.1) is 6.92 Å². The van der Waals surface area contributed by atoms with Crippen LogP contribution >= 0.6 is 15.9 Å². The number of anilines is 1. The van der Waals surface area contributed by atoms with E-state index < -0.39 is 0 Å². The highest BCUT2D eigenvalue weighted by Crippen LogP contribution is 2.29. The van der Waals surface area contributed by atoms with Gasteiger partial charge in [-0.3, -0.25) is 4.40 Å². The van der Waals surface area contributed by atoms with Gasteiger partial charge in [-0.1, -0.05) is 24.3 Å². The Labute approximate surface area is 120 Å². The number of hydrogen-bond donors (Lipinski definition) is 1. The Balaban J connectivity index is 2.32. The van der Waals surface area contributed by atoms with Crippen LogP contribution in [0.5, 0.6) is 0 Å². The zero-order valence-corrected chi connectivity index (χ0v) is 12.4. The van der Waals surface area contributed by atoms with Crippen LogP contribution in [-0.2, 0) is 0 Å². The number of aromatic nitrogens is 2. The summed E-state index contributed by atoms with van der Waals surface area (Å²) in [5.74, 6) is 0.956. The van der Waals surface area contributed by atoms with Crippen LogP contribution in [0.1, 0.15) is 5.56 Å². The van der Waals surface area contributed by atoms with Crippen molar-refractivity contribution in [3.63, 3.8) is 0 Å². The van der Waals surface area contributed by atoms with E-state index in [2.05, 4.69) is 62.0 Å². The molecule has 2 heterocycles. The number of nitrogens with zero attached hydrogens (tertiary/aromatic N) is 2. The second-order valence-electron chi connectivity index (χ2n) is 4.46. The third-order valence-electron chi connectivity index (χ3n) is 3.27. The number of aryl methyl sites for hydroxylation is 1. The highest BCUT2D eigenvalue weighted by atomic mass is 79.9. The molecule has 0 saturated carbocycles. The lowest BCUT2D eigenvalue weighted by atomic mass is 10.1. The van der Waals surface area contributed by atoms with E-state index in [-0.39, 0.29) is 0 Å². The predicted octanol–water partition coefficient (Wildman–Crippen LogP) is 4.11. The van der Waals surface area contributed by atoms with Crippen molar-refractivity contribution in [2.45, 2.75) is 6.92 Å². The average Bonchev–Trinajstić information content (AvgIpc) is 2.76. The van der Waals surface area contributed by atoms with Gasteiger partial charge < -0.3 is 5.32 Å². The minimum atomic E-state index is 0.869. The van der Waals surface area contributed by atoms with Gasteiger partial charge >= 0.3 is 0 Å². The molecule has 0 radical (unpaired) electrons. The summed E-state index contributed by atoms with van der Waals surface area (Å²) in [5, 5.41) is 3.16. The van der Waals surface area contributed by atoms with E-state index in [9.17, 15) is 0 Å². The van der Waals surface area contributed by atoms with Gasteiger partial charge in [-0.15, -0.1) is 0 Å². The van der Waals surface area contributed by atoms with Gasteiger partial charge in [0.05, 0.1) is 11.2 Å². The van der Waals surface area contributed by atoms with Crippen molar-refractivity contribution in [1.82, 2.24) is 9.38 Å². The fourth-order valence-electron chi connectivity index (χ4n) is 2.21. The molecule has 0 bridgehead atoms. The predicted molar refractivity (Wildman–Crippen MR) is 82.6 cm³/mol. The Bertz CT molecular complexity index is 746. The van der Waals surface area contributed by atoms with Crippen LogP contribution < -0.4 is 5.32 Å². The molecule has 0 atom stereocenters. The van der Waals surface area contributed by atoms with Gasteiger partial charge in [-0.25, -0.2) is 4.98 Å². The van der Waals surface area contributed by atoms with Crippen molar-refractivity contribution in [2.24, 2.45) is 0 Å². The van der Waals surface area contributed by atoms with Gasteiger partial charge in [0, 0.05) is 18.8 Å². The van der Waals surface area contributed by atoms with Crippen molar-refractivity contribution in [3.8, 4) is 11.4 Å². The highest BCUT2D eigenvalue weighted by molar-refractivity contribution is 9.10. The van der Waals surface area contributed by atoms with Gasteiger partial charge in [-0.2, -0.15) is 0 Å². The molecule has 3 rings (SSSR count). The smallest absolute Gasteiger partial charge is 0.146 e. The molecular weight excluding hydrogens is 302 g/mol. The number of imidazole rings is 1. The molecule has 0 aliphatic rings. The normalized spacial score (nSPS) is 10.9. The van der Waals surface area contributed by atoms with Crippen LogP contribution in [-0.4, -0.2) is 16.4 Å². The lowest BCUT2D eigenvalue weighted by Crippen LogP contribution is -1.94. The standard InChI is InChI=1S/C15H14BrN3/c1-10-5-3-4-6-12(10)15-18-14(16)13-8-7-11(17-2)9-19(13)15/h3-9,17H,1-2H3. The summed E-state index contributed by atoms with van der Waals surface area (Å²) in [6, 6.07) is 12.4. The molecule has 2 aromatic heterocycles. The molecule has 1 N–H and O–H groups in total. The zero-order valence-electron chi connectivity index (χ0n) is 10.8. The number of halogens is 1. The number of benzene rings is 1. The Morgan fingerprint density at radius 2 is 1.95 bits per heavy atom. The second kappa shape index (κ2) is 4.70. The van der Waals surface area contributed by atoms with E-state index in [0.29, 0.717) is 0 Å². The van der Waals surface area contributed by atoms with E-state index in [1.807, 2.05) is 25.2 Å². The van der Waals surface area contributed by atoms with E-state index in [0.717, 1.165) is 27.2 Å². The summed E-state index contributed by atoms with van der Waals surface area (Å²) >= 11 is 3.53. The number of pyridine rings is 1. The van der Waals surface area contributed by atoms with Crippen molar-refractivity contribution in [2.75, 3.05) is 12.4 Å². The molecule has 0 unspecified atom stereocenters. The Morgan fingerprint density at radius 3 is 2.68 bits per heavy atom. The van der Waals surface area contributed by atoms with Crippen LogP contribution in [0.3, 0.4) is 0 Å². The molecule has 19 heavy (non-hydrogen) atoms. The highest BCUT2D eigenvalue weighted by Gasteiger charge is 2.12. The number of fused-ring (bicyclic) bond motifs is 1. The first-order chi connectivity index (χ1) is 9.20. The molecule has 3 nitrogen and oxygen atoms in total. The van der Waals surface area contributed by atoms with Gasteiger partial charge in [0.25, 0.3) is 0 Å². The first-order valence-corrected chi connectivity index (χ1v) is 6.91. The molecule has 0 saturated heterocycles. The number of hydrogen-bond acceptors (Lipinski definition) is 2. The third-order valence-corrected chi connectivity index (χ3v) is 3.85. The average molecular weight is 316 g/mol. The van der Waals surface area contributed by atoms with Gasteiger partial charge in [0.2, 0.25) is 0 Å². The molecule has 0 spiro atoms. The summed E-state index contributed by atoms with van der Waals surface area (Å²) in [6.07, 6.45) is 2.06. The number of nitrogens with one attached hydrogen (secondary N) is 1. The second-order valence-corrected chi connectivity index (χ2v) is 5.22. The molecule has 0 fully saturated rings. The van der Waals surface area contributed by atoms with E-state index in [4.69, 9.17) is 0 Å². The van der Waals surface area contributed by atoms with Crippen LogP contribution in [0.2, 0.25) is 0 Å². The zero-order chi connectivity index (χ0) is 13.4. The minimum absolute atomic E-state index is 0.869. The van der Waals surface area contributed by atoms with Gasteiger partial charge in [0.15, 0.2) is 0 Å². The summed E-state index contributed by atoms with van der Waals surface area (Å²) in [6.45, 7) is 2.10. The molecule has 0 aliphatic carbocycles. The van der Waals surface area contributed by atoms with E-state index in [1.165, 1.54) is 5.56 Å². The molecular formula is C15H14BrN3. The largest absolute Gasteiger partial charge is 0.387 e. The van der Waals surface area contributed by atoms with Crippen LogP contribution in [0.15, 0.2) is 47.2 Å². The maximum Gasteiger partial charge on any atom is 0.146 e. The molecule has 0 amide bonds. The Morgan fingerprint density at radius 1 is 1.16 bits per heavy atom. The molecule has 4 heteroatoms. The SMILES string of the molecule is CNc1ccc2c(Br)nc(-c3ccccc3C)n2c1. The van der Waals surface area contributed by atoms with Gasteiger partial charge in [0.1, 0.15) is 10.4 Å². The summed E-state index contributed by atoms with van der Waals surface area (Å²) in [4.78, 5) is 4.65. The van der Waals surface area contributed by atoms with E-state index in [1.54, 1.807) is 0 Å². The molecule has 3 aromatic rings. The Kier molecular flexibility index (Phi) is 3.03. The Hall–Kier alpha value is -1.81. The third kappa shape index (κ3) is 2.02. The monoisotopic (exact) mass is 315 g/mol. The molecule has 96 valence electrons. The molecule has 0 aliphatic heterocycles. The van der Waals surface area contributed by atoms with Crippen LogP contribution in [0.25, 0.3) is 16.9 Å². The van der Waals surface area contributed by atoms with Crippen molar-refractivity contribution < 1.29 is 0 Å². The summed E-state index contributed by atoms with van der Waals surface area (Å²) in [7, 11) is 1.92. The quantitative estimate of drug-likeness (QED) is 0.771. The lowest BCUT2D eigenvalue weighted by Gasteiger charge is -2.06. The maximum absolute atomic E-state index is 4.65. The molecule has 1 aromatic carbocycles. The summed E-state index contributed by atoms with van der Waals surface area (Å²) in [5.41, 5.74) is 4.50. The topological polar surface area (TPSA) is 29.3 Å². The minimum Gasteiger partial charge on any atom is -0.387 e. The summed E-state index contributed by atoms with van der Waals surface area (Å²) < 4.78 is 2.98. The first-order valence-electron chi connectivity index (χ1n) is 6.12. The maximum atomic E-state index is 4.65. The van der Waals surface area contributed by atoms with E-state index >= 15 is 0 Å². The van der Waals surface area contributed by atoms with Crippen molar-refractivity contribution in [3.05, 3.63) is 52.8 Å². The van der Waals surface area contributed by atoms with Crippen molar-refractivity contribution >= 4 is 27.1 Å². The van der Waals surface area contributed by atoms with Gasteiger partial charge in [-0.05, 0) is 40.5 Å². The van der Waals surface area contributed by atoms with Crippen molar-refractivity contribution in [1.29, 1.82) is 0 Å². The number of rotatable bonds is 2. The lowest BCUT2D eigenvalue weighted by molar-refractivity contribution is 1.15. The first kappa shape index (κ1) is 12.2. The fourth-order valence-corrected chi connectivity index (χ4v) is 2.70.